The Bertz CT molecular complexity index is 1290. The molecular weight excluding hydrogens is 534 g/mol. The second-order valence-electron chi connectivity index (χ2n) is 9.26. The Morgan fingerprint density at radius 2 is 2.05 bits per heavy atom. The van der Waals surface area contributed by atoms with E-state index in [0.29, 0.717) is 12.2 Å². The molecule has 214 valence electrons. The number of alkyl carbamates (subject to hydrolysis) is 1. The summed E-state index contributed by atoms with van der Waals surface area (Å²) in [5, 5.41) is 22.7. The Balaban J connectivity index is 1.56. The smallest absolute Gasteiger partial charge is 0.407 e. The largest absolute Gasteiger partial charge is 0.507 e. The number of H-pyrrole nitrogens is 1. The number of methoxy groups -OCH3 is 1. The quantitative estimate of drug-likeness (QED) is 0.187. The molecule has 3 rings (SSSR count). The summed E-state index contributed by atoms with van der Waals surface area (Å²) >= 11 is 0. The molecule has 1 aromatic carbocycles. The van der Waals surface area contributed by atoms with E-state index in [2.05, 4.69) is 25.8 Å². The van der Waals surface area contributed by atoms with Crippen molar-refractivity contribution in [2.75, 3.05) is 31.3 Å². The van der Waals surface area contributed by atoms with Gasteiger partial charge in [-0.2, -0.15) is 13.5 Å². The second kappa shape index (κ2) is 13.3. The molecule has 14 nitrogen and oxygen atoms in total. The number of aliphatic imine (C=N–C) groups is 1. The fraction of sp³-hybridized carbons (Fsp3) is 0.500. The summed E-state index contributed by atoms with van der Waals surface area (Å²) in [7, 11) is -2.80. The number of aromatic amines is 1. The molecular formula is C24H33N5O9S. The van der Waals surface area contributed by atoms with Gasteiger partial charge in [-0.3, -0.25) is 19.4 Å². The van der Waals surface area contributed by atoms with Crippen molar-refractivity contribution in [3.8, 4) is 17.2 Å². The number of nitrogens with one attached hydrogen (secondary N) is 3. The zero-order valence-electron chi connectivity index (χ0n) is 21.8. The van der Waals surface area contributed by atoms with Crippen LogP contribution in [0.4, 0.5) is 10.6 Å². The number of amides is 2. The van der Waals surface area contributed by atoms with Crippen LogP contribution in [-0.2, 0) is 19.6 Å². The third-order valence-corrected chi connectivity index (χ3v) is 6.46. The maximum Gasteiger partial charge on any atom is 0.407 e. The zero-order valence-corrected chi connectivity index (χ0v) is 22.7. The van der Waals surface area contributed by atoms with Crippen LogP contribution in [0.15, 0.2) is 23.2 Å². The van der Waals surface area contributed by atoms with Crippen molar-refractivity contribution < 1.29 is 41.9 Å². The predicted octanol–water partition coefficient (Wildman–Crippen LogP) is 2.22. The number of phenolic OH excluding ortho intramolecular Hbond substituents is 1. The Morgan fingerprint density at radius 1 is 1.28 bits per heavy atom. The molecule has 0 radical (unpaired) electrons. The molecule has 39 heavy (non-hydrogen) atoms. The van der Waals surface area contributed by atoms with E-state index in [1.54, 1.807) is 6.07 Å². The lowest BCUT2D eigenvalue weighted by molar-refractivity contribution is -0.118. The molecule has 1 heterocycles. The summed E-state index contributed by atoms with van der Waals surface area (Å²) in [4.78, 5) is 28.3. The van der Waals surface area contributed by atoms with Crippen LogP contribution in [0, 0.1) is 0 Å². The number of carbonyl (C=O) groups is 2. The molecule has 0 unspecified atom stereocenters. The van der Waals surface area contributed by atoms with Gasteiger partial charge < -0.3 is 30.0 Å². The molecule has 0 spiro atoms. The first kappa shape index (κ1) is 29.7. The van der Waals surface area contributed by atoms with Crippen molar-refractivity contribution in [2.24, 2.45) is 4.99 Å². The van der Waals surface area contributed by atoms with Crippen LogP contribution in [0.1, 0.15) is 50.3 Å². The van der Waals surface area contributed by atoms with E-state index in [4.69, 9.17) is 18.8 Å². The second-order valence-corrected chi connectivity index (χ2v) is 10.8. The Hall–Kier alpha value is -3.85. The highest BCUT2D eigenvalue weighted by molar-refractivity contribution is 7.85. The third-order valence-electron chi connectivity index (χ3n) is 5.76. The lowest BCUT2D eigenvalue weighted by atomic mass is 10.0. The number of phenols is 1. The Kier molecular flexibility index (Phi) is 10.1. The number of hydrogen-bond donors (Lipinski definition) is 5. The standard InChI is InChI=1S/C24H33N5O9S/c1-14(2)26-24(32)38-16-5-4-15(8-16)19-11-22(29-28-19)27-23(31)13-37-21-10-17(36-3)9-20(30)18(21)12-25-6-7-39(33,34)35/h9-12,14-16,30H,4-8,13H2,1-3H3,(H,26,32)(H,33,34,35)(H2,27,28,29,31)/t15-,16+/m0/s1. The molecule has 1 aromatic heterocycles. The first-order valence-corrected chi connectivity index (χ1v) is 13.9. The van der Waals surface area contributed by atoms with Crippen molar-refractivity contribution in [1.29, 1.82) is 0 Å². The van der Waals surface area contributed by atoms with E-state index in [0.717, 1.165) is 18.5 Å². The van der Waals surface area contributed by atoms with Crippen LogP contribution in [0.2, 0.25) is 0 Å². The first-order chi connectivity index (χ1) is 18.4. The SMILES string of the molecule is COc1cc(O)c(C=NCCS(=O)(=O)O)c(OCC(=O)Nc2cc([C@H]3CC[C@@H](OC(=O)NC(C)C)C3)[nH]n2)c1. The van der Waals surface area contributed by atoms with Crippen molar-refractivity contribution >= 4 is 34.2 Å². The van der Waals surface area contributed by atoms with E-state index < -0.39 is 34.5 Å². The van der Waals surface area contributed by atoms with Gasteiger partial charge in [0.05, 0.1) is 25.0 Å². The van der Waals surface area contributed by atoms with Gasteiger partial charge in [-0.1, -0.05) is 0 Å². The zero-order chi connectivity index (χ0) is 28.6. The maximum atomic E-state index is 12.5. The van der Waals surface area contributed by atoms with E-state index in [1.807, 2.05) is 13.8 Å². The first-order valence-electron chi connectivity index (χ1n) is 12.2. The number of aromatic nitrogens is 2. The fourth-order valence-electron chi connectivity index (χ4n) is 3.96. The number of anilines is 1. The number of hydrogen-bond acceptors (Lipinski definition) is 10. The molecule has 2 amide bonds. The van der Waals surface area contributed by atoms with Crippen LogP contribution >= 0.6 is 0 Å². The molecule has 1 saturated carbocycles. The van der Waals surface area contributed by atoms with E-state index >= 15 is 0 Å². The topological polar surface area (TPSA) is 202 Å². The van der Waals surface area contributed by atoms with Crippen molar-refractivity contribution in [3.05, 3.63) is 29.5 Å². The van der Waals surface area contributed by atoms with Gasteiger partial charge in [0.1, 0.15) is 23.4 Å². The molecule has 5 N–H and O–H groups in total. The summed E-state index contributed by atoms with van der Waals surface area (Å²) in [5.74, 6) is -0.665. The van der Waals surface area contributed by atoms with Crippen molar-refractivity contribution in [2.45, 2.75) is 51.2 Å². The molecule has 1 fully saturated rings. The summed E-state index contributed by atoms with van der Waals surface area (Å²) in [6.45, 7) is 3.03. The lowest BCUT2D eigenvalue weighted by Gasteiger charge is -2.14. The minimum Gasteiger partial charge on any atom is -0.507 e. The van der Waals surface area contributed by atoms with Gasteiger partial charge in [0, 0.05) is 42.1 Å². The van der Waals surface area contributed by atoms with Gasteiger partial charge in [-0.05, 0) is 33.1 Å². The van der Waals surface area contributed by atoms with Crippen LogP contribution in [0.5, 0.6) is 17.2 Å². The van der Waals surface area contributed by atoms with Gasteiger partial charge in [0.25, 0.3) is 16.0 Å². The van der Waals surface area contributed by atoms with Crippen LogP contribution < -0.4 is 20.1 Å². The molecule has 2 atom stereocenters. The maximum absolute atomic E-state index is 12.5. The van der Waals surface area contributed by atoms with Gasteiger partial charge in [0.2, 0.25) is 0 Å². The number of ether oxygens (including phenoxy) is 3. The number of benzene rings is 1. The van der Waals surface area contributed by atoms with Crippen LogP contribution in [0.25, 0.3) is 0 Å². The molecule has 0 bridgehead atoms. The molecule has 2 aromatic rings. The van der Waals surface area contributed by atoms with Gasteiger partial charge in [-0.25, -0.2) is 4.79 Å². The van der Waals surface area contributed by atoms with E-state index in [9.17, 15) is 23.1 Å². The minimum absolute atomic E-state index is 0.00945. The molecule has 1 aliphatic rings. The normalized spacial score (nSPS) is 17.4. The van der Waals surface area contributed by atoms with Crippen molar-refractivity contribution in [3.63, 3.8) is 0 Å². The van der Waals surface area contributed by atoms with E-state index in [1.165, 1.54) is 25.5 Å². The molecule has 15 heteroatoms. The molecule has 0 aliphatic heterocycles. The lowest BCUT2D eigenvalue weighted by Crippen LogP contribution is -2.33. The van der Waals surface area contributed by atoms with E-state index in [-0.39, 0.29) is 47.4 Å². The highest BCUT2D eigenvalue weighted by Gasteiger charge is 2.30. The average Bonchev–Trinajstić information content (AvgIpc) is 3.49. The Labute approximate surface area is 225 Å². The summed E-state index contributed by atoms with van der Waals surface area (Å²) in [5.41, 5.74) is 0.906. The highest BCUT2D eigenvalue weighted by atomic mass is 32.2. The predicted molar refractivity (Wildman–Crippen MR) is 141 cm³/mol. The highest BCUT2D eigenvalue weighted by Crippen LogP contribution is 2.36. The van der Waals surface area contributed by atoms with Crippen LogP contribution in [0.3, 0.4) is 0 Å². The summed E-state index contributed by atoms with van der Waals surface area (Å²) in [6, 6.07) is 4.44. The third kappa shape index (κ3) is 9.44. The van der Waals surface area contributed by atoms with Crippen LogP contribution in [-0.4, -0.2) is 84.6 Å². The minimum atomic E-state index is -4.19. The summed E-state index contributed by atoms with van der Waals surface area (Å²) < 4.78 is 46.7. The monoisotopic (exact) mass is 567 g/mol. The number of carbonyl (C=O) groups excluding carboxylic acids is 2. The van der Waals surface area contributed by atoms with Gasteiger partial charge >= 0.3 is 6.09 Å². The van der Waals surface area contributed by atoms with Gasteiger partial charge in [-0.15, -0.1) is 0 Å². The van der Waals surface area contributed by atoms with Gasteiger partial charge in [0.15, 0.2) is 12.4 Å². The number of aromatic hydroxyl groups is 1. The van der Waals surface area contributed by atoms with Crippen molar-refractivity contribution in [1.82, 2.24) is 15.5 Å². The molecule has 0 saturated heterocycles. The molecule has 1 aliphatic carbocycles. The Morgan fingerprint density at radius 3 is 2.74 bits per heavy atom. The fourth-order valence-corrected chi connectivity index (χ4v) is 4.30. The number of rotatable bonds is 12. The summed E-state index contributed by atoms with van der Waals surface area (Å²) in [6.07, 6.45) is 2.70. The average molecular weight is 568 g/mol. The number of nitrogens with zero attached hydrogens (tertiary/aromatic N) is 2.